The first kappa shape index (κ1) is 16.0. The maximum atomic E-state index is 12.9. The molecular formula is C20H18FNO2. The first-order valence-corrected chi connectivity index (χ1v) is 7.79. The zero-order valence-electron chi connectivity index (χ0n) is 13.3. The number of fused-ring (bicyclic) bond motifs is 1. The maximum Gasteiger partial charge on any atom is 0.261 e. The Labute approximate surface area is 140 Å². The number of carbonyl (C=O) groups excluding carboxylic acids is 1. The standard InChI is InChI=1S/C20H18FNO2/c1-14(24-19-10-8-18(21)9-11-19)20(23)22-13-15-6-7-16-4-2-3-5-17(16)12-15/h2-12,14H,13H2,1H3,(H,22,23)/t14-/m0/s1. The van der Waals surface area contributed by atoms with Gasteiger partial charge in [0.05, 0.1) is 0 Å². The molecular weight excluding hydrogens is 305 g/mol. The van der Waals surface area contributed by atoms with E-state index in [9.17, 15) is 9.18 Å². The molecule has 0 aromatic heterocycles. The van der Waals surface area contributed by atoms with Crippen molar-refractivity contribution >= 4 is 16.7 Å². The van der Waals surface area contributed by atoms with Crippen molar-refractivity contribution in [1.82, 2.24) is 5.32 Å². The fourth-order valence-corrected chi connectivity index (χ4v) is 2.45. The Kier molecular flexibility index (Phi) is 4.75. The highest BCUT2D eigenvalue weighted by atomic mass is 19.1. The van der Waals surface area contributed by atoms with Gasteiger partial charge in [-0.15, -0.1) is 0 Å². The van der Waals surface area contributed by atoms with Crippen molar-refractivity contribution in [3.63, 3.8) is 0 Å². The number of rotatable bonds is 5. The molecule has 122 valence electrons. The largest absolute Gasteiger partial charge is 0.481 e. The summed E-state index contributed by atoms with van der Waals surface area (Å²) in [4.78, 5) is 12.1. The van der Waals surface area contributed by atoms with Crippen LogP contribution in [-0.4, -0.2) is 12.0 Å². The molecule has 0 saturated heterocycles. The molecule has 0 fully saturated rings. The zero-order chi connectivity index (χ0) is 16.9. The summed E-state index contributed by atoms with van der Waals surface area (Å²) in [5.41, 5.74) is 1.02. The Morgan fingerprint density at radius 3 is 2.50 bits per heavy atom. The molecule has 0 bridgehead atoms. The van der Waals surface area contributed by atoms with Crippen molar-refractivity contribution in [2.45, 2.75) is 19.6 Å². The molecule has 1 amide bonds. The van der Waals surface area contributed by atoms with E-state index in [0.717, 1.165) is 10.9 Å². The van der Waals surface area contributed by atoms with Crippen molar-refractivity contribution in [2.75, 3.05) is 0 Å². The summed E-state index contributed by atoms with van der Waals surface area (Å²) in [6.45, 7) is 2.10. The predicted octanol–water partition coefficient (Wildman–Crippen LogP) is 4.06. The van der Waals surface area contributed by atoms with Crippen LogP contribution in [0.4, 0.5) is 4.39 Å². The number of hydrogen-bond donors (Lipinski definition) is 1. The molecule has 4 heteroatoms. The van der Waals surface area contributed by atoms with Gasteiger partial charge in [-0.3, -0.25) is 4.79 Å². The van der Waals surface area contributed by atoms with Gasteiger partial charge in [-0.1, -0.05) is 36.4 Å². The Morgan fingerprint density at radius 2 is 1.75 bits per heavy atom. The van der Waals surface area contributed by atoms with E-state index in [-0.39, 0.29) is 11.7 Å². The summed E-state index contributed by atoms with van der Waals surface area (Å²) in [7, 11) is 0. The third kappa shape index (κ3) is 3.90. The minimum Gasteiger partial charge on any atom is -0.481 e. The number of benzene rings is 3. The highest BCUT2D eigenvalue weighted by Gasteiger charge is 2.14. The average molecular weight is 323 g/mol. The minimum atomic E-state index is -0.657. The SMILES string of the molecule is C[C@H](Oc1ccc(F)cc1)C(=O)NCc1ccc2ccccc2c1. The minimum absolute atomic E-state index is 0.215. The highest BCUT2D eigenvalue weighted by Crippen LogP contribution is 2.16. The van der Waals surface area contributed by atoms with Crippen LogP contribution < -0.4 is 10.1 Å². The lowest BCUT2D eigenvalue weighted by molar-refractivity contribution is -0.127. The molecule has 3 aromatic carbocycles. The second-order valence-corrected chi connectivity index (χ2v) is 5.61. The Balaban J connectivity index is 1.58. The molecule has 0 aliphatic rings. The van der Waals surface area contributed by atoms with Crippen molar-refractivity contribution < 1.29 is 13.9 Å². The van der Waals surface area contributed by atoms with Crippen LogP contribution in [0, 0.1) is 5.82 Å². The maximum absolute atomic E-state index is 12.9. The lowest BCUT2D eigenvalue weighted by Crippen LogP contribution is -2.35. The van der Waals surface area contributed by atoms with Crippen LogP contribution in [0.25, 0.3) is 10.8 Å². The van der Waals surface area contributed by atoms with Gasteiger partial charge in [-0.25, -0.2) is 4.39 Å². The number of amides is 1. The molecule has 0 spiro atoms. The van der Waals surface area contributed by atoms with Crippen LogP contribution in [0.2, 0.25) is 0 Å². The number of hydrogen-bond acceptors (Lipinski definition) is 2. The van der Waals surface area contributed by atoms with Crippen LogP contribution in [0.1, 0.15) is 12.5 Å². The molecule has 0 aliphatic carbocycles. The smallest absolute Gasteiger partial charge is 0.261 e. The summed E-state index contributed by atoms with van der Waals surface area (Å²) < 4.78 is 18.4. The molecule has 3 aromatic rings. The molecule has 0 saturated carbocycles. The lowest BCUT2D eigenvalue weighted by Gasteiger charge is -2.15. The van der Waals surface area contributed by atoms with Gasteiger partial charge in [0.25, 0.3) is 5.91 Å². The fraction of sp³-hybridized carbons (Fsp3) is 0.150. The van der Waals surface area contributed by atoms with E-state index < -0.39 is 6.10 Å². The third-order valence-electron chi connectivity index (χ3n) is 3.78. The zero-order valence-corrected chi connectivity index (χ0v) is 13.3. The summed E-state index contributed by atoms with van der Waals surface area (Å²) in [5, 5.41) is 5.16. The molecule has 1 atom stereocenters. The van der Waals surface area contributed by atoms with E-state index in [1.807, 2.05) is 30.3 Å². The molecule has 0 radical (unpaired) electrons. The summed E-state index contributed by atoms with van der Waals surface area (Å²) >= 11 is 0. The topological polar surface area (TPSA) is 38.3 Å². The summed E-state index contributed by atoms with van der Waals surface area (Å²) in [5.74, 6) is -0.0898. The number of nitrogens with one attached hydrogen (secondary N) is 1. The van der Waals surface area contributed by atoms with Crippen LogP contribution in [0.3, 0.4) is 0 Å². The van der Waals surface area contributed by atoms with Gasteiger partial charge in [-0.05, 0) is 53.6 Å². The highest BCUT2D eigenvalue weighted by molar-refractivity contribution is 5.83. The van der Waals surface area contributed by atoms with Gasteiger partial charge in [0.15, 0.2) is 6.10 Å². The number of halogens is 1. The van der Waals surface area contributed by atoms with E-state index >= 15 is 0 Å². The van der Waals surface area contributed by atoms with E-state index in [2.05, 4.69) is 17.4 Å². The first-order valence-electron chi connectivity index (χ1n) is 7.79. The van der Waals surface area contributed by atoms with Crippen LogP contribution in [0.5, 0.6) is 5.75 Å². The summed E-state index contributed by atoms with van der Waals surface area (Å²) in [6, 6.07) is 19.8. The molecule has 0 heterocycles. The van der Waals surface area contributed by atoms with Crippen molar-refractivity contribution in [1.29, 1.82) is 0 Å². The Bertz CT molecular complexity index is 846. The van der Waals surface area contributed by atoms with E-state index in [0.29, 0.717) is 12.3 Å². The predicted molar refractivity (Wildman–Crippen MR) is 92.3 cm³/mol. The van der Waals surface area contributed by atoms with Crippen molar-refractivity contribution in [3.05, 3.63) is 78.1 Å². The van der Waals surface area contributed by atoms with Gasteiger partial charge in [0.2, 0.25) is 0 Å². The van der Waals surface area contributed by atoms with E-state index in [1.54, 1.807) is 6.92 Å². The first-order chi connectivity index (χ1) is 11.6. The van der Waals surface area contributed by atoms with Gasteiger partial charge < -0.3 is 10.1 Å². The van der Waals surface area contributed by atoms with Gasteiger partial charge >= 0.3 is 0 Å². The van der Waals surface area contributed by atoms with Crippen LogP contribution in [0.15, 0.2) is 66.7 Å². The van der Waals surface area contributed by atoms with Gasteiger partial charge in [-0.2, -0.15) is 0 Å². The van der Waals surface area contributed by atoms with Gasteiger partial charge in [0, 0.05) is 6.54 Å². The number of carbonyl (C=O) groups is 1. The molecule has 3 nitrogen and oxygen atoms in total. The fourth-order valence-electron chi connectivity index (χ4n) is 2.45. The molecule has 0 unspecified atom stereocenters. The Hall–Kier alpha value is -2.88. The van der Waals surface area contributed by atoms with E-state index in [4.69, 9.17) is 4.74 Å². The lowest BCUT2D eigenvalue weighted by atomic mass is 10.1. The van der Waals surface area contributed by atoms with Crippen LogP contribution >= 0.6 is 0 Å². The second-order valence-electron chi connectivity index (χ2n) is 5.61. The van der Waals surface area contributed by atoms with Crippen molar-refractivity contribution in [2.24, 2.45) is 0 Å². The quantitative estimate of drug-likeness (QED) is 0.769. The summed E-state index contributed by atoms with van der Waals surface area (Å²) in [6.07, 6.45) is -0.657. The van der Waals surface area contributed by atoms with Gasteiger partial charge in [0.1, 0.15) is 11.6 Å². The van der Waals surface area contributed by atoms with Crippen LogP contribution in [-0.2, 0) is 11.3 Å². The third-order valence-corrected chi connectivity index (χ3v) is 3.78. The normalized spacial score (nSPS) is 11.9. The molecule has 24 heavy (non-hydrogen) atoms. The monoisotopic (exact) mass is 323 g/mol. The Morgan fingerprint density at radius 1 is 1.04 bits per heavy atom. The molecule has 3 rings (SSSR count). The average Bonchev–Trinajstić information content (AvgIpc) is 2.61. The van der Waals surface area contributed by atoms with E-state index in [1.165, 1.54) is 29.7 Å². The van der Waals surface area contributed by atoms with Crippen molar-refractivity contribution in [3.8, 4) is 5.75 Å². The second kappa shape index (κ2) is 7.13. The molecule has 0 aliphatic heterocycles. The molecule has 1 N–H and O–H groups in total. The number of ether oxygens (including phenoxy) is 1.